The summed E-state index contributed by atoms with van der Waals surface area (Å²) in [6, 6.07) is 7.10. The molecule has 0 aliphatic heterocycles. The third-order valence-corrected chi connectivity index (χ3v) is 2.77. The van der Waals surface area contributed by atoms with Crippen molar-refractivity contribution in [2.45, 2.75) is 12.5 Å². The van der Waals surface area contributed by atoms with E-state index in [-0.39, 0.29) is 12.5 Å². The Bertz CT molecular complexity index is 401. The van der Waals surface area contributed by atoms with Crippen LogP contribution >= 0.6 is 11.6 Å². The number of benzene rings is 1. The van der Waals surface area contributed by atoms with Gasteiger partial charge >= 0.3 is 0 Å². The lowest BCUT2D eigenvalue weighted by Gasteiger charge is -2.13. The van der Waals surface area contributed by atoms with Crippen LogP contribution in [0.1, 0.15) is 6.42 Å². The number of halogens is 1. The number of carbonyl (C=O) groups is 1. The second-order valence-corrected chi connectivity index (χ2v) is 4.43. The predicted octanol–water partition coefficient (Wildman–Crippen LogP) is 0.805. The van der Waals surface area contributed by atoms with E-state index in [1.807, 2.05) is 12.1 Å². The van der Waals surface area contributed by atoms with Crippen LogP contribution in [0.5, 0.6) is 5.75 Å². The van der Waals surface area contributed by atoms with Crippen LogP contribution in [0.25, 0.3) is 0 Å². The van der Waals surface area contributed by atoms with Gasteiger partial charge in [0.2, 0.25) is 5.91 Å². The number of hydrogen-bond acceptors (Lipinski definition) is 4. The fraction of sp³-hybridized carbons (Fsp3) is 0.462. The number of aliphatic hydroxyl groups is 1. The van der Waals surface area contributed by atoms with Crippen molar-refractivity contribution in [1.82, 2.24) is 10.6 Å². The van der Waals surface area contributed by atoms with Crippen LogP contribution in [0, 0.1) is 0 Å². The molecule has 19 heavy (non-hydrogen) atoms. The van der Waals surface area contributed by atoms with Crippen LogP contribution in [0.3, 0.4) is 0 Å². The maximum atomic E-state index is 11.0. The Labute approximate surface area is 117 Å². The summed E-state index contributed by atoms with van der Waals surface area (Å²) in [5, 5.41) is 15.7. The van der Waals surface area contributed by atoms with Crippen molar-refractivity contribution in [3.63, 3.8) is 0 Å². The molecule has 0 fully saturated rings. The van der Waals surface area contributed by atoms with Crippen LogP contribution in [-0.2, 0) is 4.79 Å². The van der Waals surface area contributed by atoms with E-state index in [0.29, 0.717) is 30.3 Å². The molecule has 0 saturated heterocycles. The second-order valence-electron chi connectivity index (χ2n) is 4.02. The van der Waals surface area contributed by atoms with Gasteiger partial charge in [-0.3, -0.25) is 4.79 Å². The van der Waals surface area contributed by atoms with E-state index in [1.165, 1.54) is 0 Å². The monoisotopic (exact) mass is 286 g/mol. The third-order valence-electron chi connectivity index (χ3n) is 2.46. The zero-order chi connectivity index (χ0) is 14.1. The maximum Gasteiger partial charge on any atom is 0.221 e. The summed E-state index contributed by atoms with van der Waals surface area (Å²) in [4.78, 5) is 11.0. The van der Waals surface area contributed by atoms with E-state index in [0.717, 1.165) is 0 Å². The Morgan fingerprint density at radius 1 is 1.47 bits per heavy atom. The summed E-state index contributed by atoms with van der Waals surface area (Å²) in [5.74, 6) is 0.517. The molecule has 0 aromatic heterocycles. The van der Waals surface area contributed by atoms with Gasteiger partial charge in [0.1, 0.15) is 18.5 Å². The van der Waals surface area contributed by atoms with E-state index < -0.39 is 6.10 Å². The van der Waals surface area contributed by atoms with Gasteiger partial charge in [-0.15, -0.1) is 0 Å². The average Bonchev–Trinajstić information content (AvgIpc) is 2.42. The molecule has 0 bridgehead atoms. The summed E-state index contributed by atoms with van der Waals surface area (Å²) in [5.41, 5.74) is 0. The minimum atomic E-state index is -0.652. The minimum Gasteiger partial charge on any atom is -0.489 e. The summed E-state index contributed by atoms with van der Waals surface area (Å²) in [6.07, 6.45) is -0.268. The lowest BCUT2D eigenvalue weighted by atomic mass is 10.3. The number of amides is 1. The summed E-state index contributed by atoms with van der Waals surface area (Å²) in [6.45, 7) is 1.03. The molecule has 0 aliphatic carbocycles. The number of hydrogen-bond donors (Lipinski definition) is 3. The molecule has 0 saturated carbocycles. The SMILES string of the molecule is CNC(=O)CCNCC(O)COc1ccccc1Cl. The molecule has 1 aromatic rings. The molecule has 0 radical (unpaired) electrons. The van der Waals surface area contributed by atoms with Gasteiger partial charge in [-0.2, -0.15) is 0 Å². The molecule has 3 N–H and O–H groups in total. The van der Waals surface area contributed by atoms with Crippen LogP contribution in [0.15, 0.2) is 24.3 Å². The smallest absolute Gasteiger partial charge is 0.221 e. The first-order valence-electron chi connectivity index (χ1n) is 6.10. The molecule has 106 valence electrons. The Balaban J connectivity index is 2.16. The molecule has 6 heteroatoms. The Kier molecular flexibility index (Phi) is 7.25. The molecule has 1 unspecified atom stereocenters. The van der Waals surface area contributed by atoms with Crippen LogP contribution in [-0.4, -0.2) is 43.9 Å². The standard InChI is InChI=1S/C13H19ClN2O3/c1-15-13(18)6-7-16-8-10(17)9-19-12-5-3-2-4-11(12)14/h2-5,10,16-17H,6-9H2,1H3,(H,15,18). The number of aliphatic hydroxyl groups excluding tert-OH is 1. The Morgan fingerprint density at radius 2 is 2.21 bits per heavy atom. The third kappa shape index (κ3) is 6.42. The lowest BCUT2D eigenvalue weighted by molar-refractivity contribution is -0.120. The molecule has 1 atom stereocenters. The normalized spacial score (nSPS) is 11.9. The van der Waals surface area contributed by atoms with Gasteiger partial charge in [-0.1, -0.05) is 23.7 Å². The van der Waals surface area contributed by atoms with E-state index in [9.17, 15) is 9.90 Å². The van der Waals surface area contributed by atoms with Gasteiger partial charge in [-0.05, 0) is 12.1 Å². The highest BCUT2D eigenvalue weighted by molar-refractivity contribution is 6.32. The Hall–Kier alpha value is -1.30. The minimum absolute atomic E-state index is 0.0330. The average molecular weight is 287 g/mol. The zero-order valence-electron chi connectivity index (χ0n) is 10.9. The molecular formula is C13H19ClN2O3. The summed E-state index contributed by atoms with van der Waals surface area (Å²) in [7, 11) is 1.59. The van der Waals surface area contributed by atoms with Crippen molar-refractivity contribution in [1.29, 1.82) is 0 Å². The Morgan fingerprint density at radius 3 is 2.89 bits per heavy atom. The fourth-order valence-corrected chi connectivity index (χ4v) is 1.59. The highest BCUT2D eigenvalue weighted by Gasteiger charge is 2.07. The van der Waals surface area contributed by atoms with Crippen molar-refractivity contribution in [3.8, 4) is 5.75 Å². The van der Waals surface area contributed by atoms with Crippen molar-refractivity contribution < 1.29 is 14.6 Å². The number of ether oxygens (including phenoxy) is 1. The van der Waals surface area contributed by atoms with Gasteiger partial charge in [0.05, 0.1) is 5.02 Å². The van der Waals surface area contributed by atoms with Crippen molar-refractivity contribution in [2.24, 2.45) is 0 Å². The summed E-state index contributed by atoms with van der Waals surface area (Å²) >= 11 is 5.92. The van der Waals surface area contributed by atoms with E-state index >= 15 is 0 Å². The number of rotatable bonds is 8. The van der Waals surface area contributed by atoms with Gasteiger partial charge in [-0.25, -0.2) is 0 Å². The quantitative estimate of drug-likeness (QED) is 0.619. The number of carbonyl (C=O) groups excluding carboxylic acids is 1. The molecule has 1 amide bonds. The largest absolute Gasteiger partial charge is 0.489 e. The predicted molar refractivity (Wildman–Crippen MR) is 74.5 cm³/mol. The van der Waals surface area contributed by atoms with E-state index in [4.69, 9.17) is 16.3 Å². The van der Waals surface area contributed by atoms with Gasteiger partial charge in [0, 0.05) is 26.6 Å². The first-order chi connectivity index (χ1) is 9.13. The maximum absolute atomic E-state index is 11.0. The van der Waals surface area contributed by atoms with Crippen molar-refractivity contribution >= 4 is 17.5 Å². The molecule has 1 aromatic carbocycles. The second kappa shape index (κ2) is 8.74. The van der Waals surface area contributed by atoms with Crippen molar-refractivity contribution in [3.05, 3.63) is 29.3 Å². The summed E-state index contributed by atoms with van der Waals surface area (Å²) < 4.78 is 5.40. The van der Waals surface area contributed by atoms with Crippen LogP contribution < -0.4 is 15.4 Å². The zero-order valence-corrected chi connectivity index (χ0v) is 11.6. The first-order valence-corrected chi connectivity index (χ1v) is 6.48. The molecule has 0 aliphatic rings. The van der Waals surface area contributed by atoms with Crippen LogP contribution in [0.4, 0.5) is 0 Å². The molecule has 5 nitrogen and oxygen atoms in total. The van der Waals surface area contributed by atoms with Gasteiger partial charge in [0.25, 0.3) is 0 Å². The van der Waals surface area contributed by atoms with Gasteiger partial charge in [0.15, 0.2) is 0 Å². The molecule has 0 heterocycles. The van der Waals surface area contributed by atoms with Gasteiger partial charge < -0.3 is 20.5 Å². The first kappa shape index (κ1) is 15.8. The fourth-order valence-electron chi connectivity index (χ4n) is 1.40. The lowest BCUT2D eigenvalue weighted by Crippen LogP contribution is -2.33. The van der Waals surface area contributed by atoms with Crippen molar-refractivity contribution in [2.75, 3.05) is 26.7 Å². The molecular weight excluding hydrogens is 268 g/mol. The molecule has 1 rings (SSSR count). The topological polar surface area (TPSA) is 70.6 Å². The highest BCUT2D eigenvalue weighted by atomic mass is 35.5. The van der Waals surface area contributed by atoms with Crippen LogP contribution in [0.2, 0.25) is 5.02 Å². The highest BCUT2D eigenvalue weighted by Crippen LogP contribution is 2.22. The number of para-hydroxylation sites is 1. The number of nitrogens with one attached hydrogen (secondary N) is 2. The van der Waals surface area contributed by atoms with E-state index in [1.54, 1.807) is 19.2 Å². The van der Waals surface area contributed by atoms with E-state index in [2.05, 4.69) is 10.6 Å². The molecule has 0 spiro atoms.